The van der Waals surface area contributed by atoms with Gasteiger partial charge in [0.15, 0.2) is 0 Å². The third-order valence-electron chi connectivity index (χ3n) is 5.67. The average Bonchev–Trinajstić information content (AvgIpc) is 3.39. The summed E-state index contributed by atoms with van der Waals surface area (Å²) in [6, 6.07) is 16.5. The molecule has 28 heavy (non-hydrogen) atoms. The largest absolute Gasteiger partial charge is 0.354 e. The molecule has 0 unspecified atom stereocenters. The van der Waals surface area contributed by atoms with Gasteiger partial charge in [-0.3, -0.25) is 14.5 Å². The summed E-state index contributed by atoms with van der Waals surface area (Å²) in [5.41, 5.74) is 2.49. The average molecular weight is 377 g/mol. The molecule has 0 bridgehead atoms. The molecule has 2 heterocycles. The number of hydrogen-bond donors (Lipinski definition) is 1. The van der Waals surface area contributed by atoms with Crippen LogP contribution in [0, 0.1) is 0 Å². The Balaban J connectivity index is 1.44. The van der Waals surface area contributed by atoms with Gasteiger partial charge in [-0.1, -0.05) is 36.4 Å². The smallest absolute Gasteiger partial charge is 0.259 e. The van der Waals surface area contributed by atoms with Crippen LogP contribution >= 0.6 is 0 Å². The fraction of sp³-hybridized carbons (Fsp3) is 0.391. The van der Waals surface area contributed by atoms with Gasteiger partial charge >= 0.3 is 0 Å². The molecule has 2 aliphatic rings. The van der Waals surface area contributed by atoms with Crippen molar-refractivity contribution in [3.63, 3.8) is 0 Å². The number of nitrogens with one attached hydrogen (secondary N) is 1. The highest BCUT2D eigenvalue weighted by Gasteiger charge is 2.38. The van der Waals surface area contributed by atoms with Crippen molar-refractivity contribution in [2.45, 2.75) is 31.7 Å². The van der Waals surface area contributed by atoms with Gasteiger partial charge in [-0.25, -0.2) is 0 Å². The van der Waals surface area contributed by atoms with Gasteiger partial charge in [0.2, 0.25) is 5.91 Å². The molecule has 5 heteroatoms. The SMILES string of the molecule is O=C(NCCCN1CCCC1)[C@@H]1Cc2ccccc2N1C(=O)c1ccccc1. The Bertz CT molecular complexity index is 831. The first-order chi connectivity index (χ1) is 13.7. The van der Waals surface area contributed by atoms with Crippen molar-refractivity contribution in [1.82, 2.24) is 10.2 Å². The lowest BCUT2D eigenvalue weighted by Gasteiger charge is -2.25. The number of rotatable bonds is 6. The number of para-hydroxylation sites is 1. The Labute approximate surface area is 166 Å². The lowest BCUT2D eigenvalue weighted by atomic mass is 10.1. The summed E-state index contributed by atoms with van der Waals surface area (Å²) in [6.45, 7) is 4.02. The number of nitrogens with zero attached hydrogens (tertiary/aromatic N) is 2. The molecular weight excluding hydrogens is 350 g/mol. The summed E-state index contributed by atoms with van der Waals surface area (Å²) in [7, 11) is 0. The molecule has 4 rings (SSSR count). The molecule has 2 aliphatic heterocycles. The van der Waals surface area contributed by atoms with Crippen LogP contribution in [0.25, 0.3) is 0 Å². The highest BCUT2D eigenvalue weighted by molar-refractivity contribution is 6.11. The quantitative estimate of drug-likeness (QED) is 0.788. The van der Waals surface area contributed by atoms with E-state index in [1.165, 1.54) is 25.9 Å². The fourth-order valence-corrected chi connectivity index (χ4v) is 4.20. The van der Waals surface area contributed by atoms with Crippen LogP contribution in [-0.4, -0.2) is 48.9 Å². The maximum absolute atomic E-state index is 13.2. The number of anilines is 1. The topological polar surface area (TPSA) is 52.7 Å². The number of hydrogen-bond acceptors (Lipinski definition) is 3. The molecule has 5 nitrogen and oxygen atoms in total. The number of carbonyl (C=O) groups excluding carboxylic acids is 2. The van der Waals surface area contributed by atoms with Crippen LogP contribution < -0.4 is 10.2 Å². The van der Waals surface area contributed by atoms with Crippen LogP contribution in [0.3, 0.4) is 0 Å². The van der Waals surface area contributed by atoms with E-state index >= 15 is 0 Å². The van der Waals surface area contributed by atoms with Crippen molar-refractivity contribution in [3.05, 3.63) is 65.7 Å². The highest BCUT2D eigenvalue weighted by Crippen LogP contribution is 2.33. The van der Waals surface area contributed by atoms with E-state index in [-0.39, 0.29) is 11.8 Å². The molecule has 0 radical (unpaired) electrons. The van der Waals surface area contributed by atoms with Crippen molar-refractivity contribution in [3.8, 4) is 0 Å². The Hall–Kier alpha value is -2.66. The van der Waals surface area contributed by atoms with Crippen molar-refractivity contribution in [2.75, 3.05) is 31.1 Å². The van der Waals surface area contributed by atoms with Gasteiger partial charge in [-0.2, -0.15) is 0 Å². The van der Waals surface area contributed by atoms with Gasteiger partial charge in [0.25, 0.3) is 5.91 Å². The number of carbonyl (C=O) groups is 2. The summed E-state index contributed by atoms with van der Waals surface area (Å²) < 4.78 is 0. The van der Waals surface area contributed by atoms with E-state index in [1.54, 1.807) is 17.0 Å². The maximum atomic E-state index is 13.2. The van der Waals surface area contributed by atoms with E-state index in [1.807, 2.05) is 42.5 Å². The predicted octanol–water partition coefficient (Wildman–Crippen LogP) is 2.86. The first-order valence-electron chi connectivity index (χ1n) is 10.2. The van der Waals surface area contributed by atoms with Crippen LogP contribution in [0.1, 0.15) is 35.2 Å². The zero-order valence-electron chi connectivity index (χ0n) is 16.1. The van der Waals surface area contributed by atoms with E-state index in [0.717, 1.165) is 24.2 Å². The summed E-state index contributed by atoms with van der Waals surface area (Å²) in [5, 5.41) is 3.06. The van der Waals surface area contributed by atoms with Crippen molar-refractivity contribution < 1.29 is 9.59 Å². The van der Waals surface area contributed by atoms with Crippen LogP contribution in [-0.2, 0) is 11.2 Å². The second-order valence-electron chi connectivity index (χ2n) is 7.58. The fourth-order valence-electron chi connectivity index (χ4n) is 4.20. The molecular formula is C23H27N3O2. The monoisotopic (exact) mass is 377 g/mol. The summed E-state index contributed by atoms with van der Waals surface area (Å²) in [4.78, 5) is 30.2. The van der Waals surface area contributed by atoms with Crippen molar-refractivity contribution >= 4 is 17.5 Å². The Morgan fingerprint density at radius 3 is 2.46 bits per heavy atom. The molecule has 0 spiro atoms. The van der Waals surface area contributed by atoms with Crippen LogP contribution in [0.4, 0.5) is 5.69 Å². The summed E-state index contributed by atoms with van der Waals surface area (Å²) in [6.07, 6.45) is 4.07. The molecule has 1 N–H and O–H groups in total. The van der Waals surface area contributed by atoms with E-state index in [9.17, 15) is 9.59 Å². The second kappa shape index (κ2) is 8.57. The lowest BCUT2D eigenvalue weighted by Crippen LogP contribution is -2.48. The molecule has 0 aromatic heterocycles. The first kappa shape index (κ1) is 18.7. The minimum atomic E-state index is -0.489. The molecule has 2 aromatic rings. The minimum Gasteiger partial charge on any atom is -0.354 e. The Morgan fingerprint density at radius 2 is 1.68 bits per heavy atom. The third-order valence-corrected chi connectivity index (χ3v) is 5.67. The standard InChI is InChI=1S/C23H27N3O2/c27-22(24-13-8-16-25-14-6-7-15-25)21-17-19-11-4-5-12-20(19)26(21)23(28)18-9-2-1-3-10-18/h1-5,9-12,21H,6-8,13-17H2,(H,24,27)/t21-/m0/s1. The van der Waals surface area contributed by atoms with Gasteiger partial charge in [0, 0.05) is 24.2 Å². The molecule has 1 atom stereocenters. The first-order valence-corrected chi connectivity index (χ1v) is 10.2. The van der Waals surface area contributed by atoms with Crippen LogP contribution in [0.15, 0.2) is 54.6 Å². The minimum absolute atomic E-state index is 0.0677. The summed E-state index contributed by atoms with van der Waals surface area (Å²) >= 11 is 0. The van der Waals surface area contributed by atoms with Gasteiger partial charge in [0.05, 0.1) is 0 Å². The number of benzene rings is 2. The molecule has 2 aromatic carbocycles. The van der Waals surface area contributed by atoms with Gasteiger partial charge in [-0.05, 0) is 62.7 Å². The van der Waals surface area contributed by atoms with Crippen molar-refractivity contribution in [1.29, 1.82) is 0 Å². The van der Waals surface area contributed by atoms with Crippen molar-refractivity contribution in [2.24, 2.45) is 0 Å². The predicted molar refractivity (Wildman–Crippen MR) is 110 cm³/mol. The molecule has 1 fully saturated rings. The van der Waals surface area contributed by atoms with E-state index < -0.39 is 6.04 Å². The number of likely N-dealkylation sites (tertiary alicyclic amines) is 1. The number of amides is 2. The summed E-state index contributed by atoms with van der Waals surface area (Å²) in [5.74, 6) is -0.190. The van der Waals surface area contributed by atoms with Crippen LogP contribution in [0.5, 0.6) is 0 Å². The zero-order valence-corrected chi connectivity index (χ0v) is 16.1. The normalized spacial score (nSPS) is 18.9. The third kappa shape index (κ3) is 3.94. The maximum Gasteiger partial charge on any atom is 0.259 e. The lowest BCUT2D eigenvalue weighted by molar-refractivity contribution is -0.122. The molecule has 2 amide bonds. The van der Waals surface area contributed by atoms with Gasteiger partial charge in [0.1, 0.15) is 6.04 Å². The second-order valence-corrected chi connectivity index (χ2v) is 7.58. The van der Waals surface area contributed by atoms with Gasteiger partial charge in [-0.15, -0.1) is 0 Å². The van der Waals surface area contributed by atoms with Gasteiger partial charge < -0.3 is 10.2 Å². The molecule has 146 valence electrons. The Morgan fingerprint density at radius 1 is 0.964 bits per heavy atom. The zero-order chi connectivity index (χ0) is 19.3. The molecule has 0 saturated carbocycles. The Kier molecular flexibility index (Phi) is 5.72. The molecule has 1 saturated heterocycles. The van der Waals surface area contributed by atoms with E-state index in [0.29, 0.717) is 18.5 Å². The number of fused-ring (bicyclic) bond motifs is 1. The van der Waals surface area contributed by atoms with E-state index in [2.05, 4.69) is 10.2 Å². The van der Waals surface area contributed by atoms with E-state index in [4.69, 9.17) is 0 Å². The molecule has 0 aliphatic carbocycles. The van der Waals surface area contributed by atoms with Crippen LogP contribution in [0.2, 0.25) is 0 Å². The highest BCUT2D eigenvalue weighted by atomic mass is 16.2.